The molecule has 2 aromatic carbocycles. The number of hydrogen-bond acceptors (Lipinski definition) is 2. The van der Waals surface area contributed by atoms with Crippen LogP contribution in [0.4, 0.5) is 10.1 Å². The molecule has 0 unspecified atom stereocenters. The van der Waals surface area contributed by atoms with E-state index in [0.717, 1.165) is 11.6 Å². The molecule has 0 saturated heterocycles. The van der Waals surface area contributed by atoms with Crippen molar-refractivity contribution in [3.05, 3.63) is 57.8 Å². The molecule has 0 amide bonds. The molecule has 0 spiro atoms. The highest BCUT2D eigenvalue weighted by molar-refractivity contribution is 9.10. The molecule has 0 atom stereocenters. The number of nitrogens with one attached hydrogen (secondary N) is 1. The van der Waals surface area contributed by atoms with Crippen LogP contribution in [0.25, 0.3) is 0 Å². The summed E-state index contributed by atoms with van der Waals surface area (Å²) in [6.07, 6.45) is 0. The Balaban J connectivity index is 2.41. The van der Waals surface area contributed by atoms with E-state index in [1.54, 1.807) is 19.1 Å². The zero-order valence-corrected chi connectivity index (χ0v) is 13.3. The second kappa shape index (κ2) is 5.54. The van der Waals surface area contributed by atoms with Crippen molar-refractivity contribution in [1.29, 1.82) is 0 Å². The number of rotatable bonds is 3. The van der Waals surface area contributed by atoms with Crippen molar-refractivity contribution in [3.8, 4) is 0 Å². The van der Waals surface area contributed by atoms with Crippen LogP contribution in [0.2, 0.25) is 0 Å². The number of anilines is 1. The van der Waals surface area contributed by atoms with Gasteiger partial charge in [-0.15, -0.1) is 0 Å². The van der Waals surface area contributed by atoms with E-state index in [9.17, 15) is 12.8 Å². The van der Waals surface area contributed by atoms with Crippen LogP contribution in [-0.4, -0.2) is 8.42 Å². The quantitative estimate of drug-likeness (QED) is 0.901. The molecule has 0 aliphatic rings. The first-order valence-electron chi connectivity index (χ1n) is 5.85. The highest BCUT2D eigenvalue weighted by Gasteiger charge is 2.18. The molecule has 2 aromatic rings. The Morgan fingerprint density at radius 1 is 1.10 bits per heavy atom. The van der Waals surface area contributed by atoms with E-state index in [1.165, 1.54) is 12.1 Å². The molecule has 0 aromatic heterocycles. The summed E-state index contributed by atoms with van der Waals surface area (Å²) in [4.78, 5) is 0.0615. The molecule has 6 heteroatoms. The van der Waals surface area contributed by atoms with Gasteiger partial charge in [-0.05, 0) is 71.2 Å². The van der Waals surface area contributed by atoms with Crippen molar-refractivity contribution in [3.63, 3.8) is 0 Å². The normalized spacial score (nSPS) is 11.4. The highest BCUT2D eigenvalue weighted by Crippen LogP contribution is 2.27. The standard InChI is InChI=1S/C14H13BrFNO2S/c1-9-3-5-13(12(15)7-9)17-20(18,19)14-6-4-11(16)8-10(14)2/h3-8,17H,1-2H3. The van der Waals surface area contributed by atoms with Crippen molar-refractivity contribution in [1.82, 2.24) is 0 Å². The van der Waals surface area contributed by atoms with Crippen LogP contribution in [-0.2, 0) is 10.0 Å². The lowest BCUT2D eigenvalue weighted by Gasteiger charge is -2.12. The maximum Gasteiger partial charge on any atom is 0.262 e. The molecule has 0 aliphatic carbocycles. The van der Waals surface area contributed by atoms with Crippen LogP contribution >= 0.6 is 15.9 Å². The molecule has 2 rings (SSSR count). The maximum absolute atomic E-state index is 13.0. The van der Waals surface area contributed by atoms with E-state index >= 15 is 0 Å². The summed E-state index contributed by atoms with van der Waals surface area (Å²) in [5.41, 5.74) is 1.82. The van der Waals surface area contributed by atoms with Gasteiger partial charge >= 0.3 is 0 Å². The monoisotopic (exact) mass is 357 g/mol. The number of sulfonamides is 1. The van der Waals surface area contributed by atoms with Crippen LogP contribution in [0.1, 0.15) is 11.1 Å². The van der Waals surface area contributed by atoms with Crippen LogP contribution < -0.4 is 4.72 Å². The number of hydrogen-bond donors (Lipinski definition) is 1. The first-order chi connectivity index (χ1) is 9.29. The molecule has 0 bridgehead atoms. The van der Waals surface area contributed by atoms with Crippen molar-refractivity contribution >= 4 is 31.6 Å². The fraction of sp³-hybridized carbons (Fsp3) is 0.143. The summed E-state index contributed by atoms with van der Waals surface area (Å²) >= 11 is 3.32. The molecule has 0 heterocycles. The summed E-state index contributed by atoms with van der Waals surface area (Å²) in [6.45, 7) is 3.47. The lowest BCUT2D eigenvalue weighted by atomic mass is 10.2. The van der Waals surface area contributed by atoms with Crippen molar-refractivity contribution in [2.24, 2.45) is 0 Å². The van der Waals surface area contributed by atoms with Crippen molar-refractivity contribution in [2.45, 2.75) is 18.7 Å². The van der Waals surface area contributed by atoms with Crippen molar-refractivity contribution in [2.75, 3.05) is 4.72 Å². The summed E-state index contributed by atoms with van der Waals surface area (Å²) in [6, 6.07) is 8.88. The summed E-state index contributed by atoms with van der Waals surface area (Å²) in [7, 11) is -3.74. The van der Waals surface area contributed by atoms with Gasteiger partial charge in [0.05, 0.1) is 10.6 Å². The highest BCUT2D eigenvalue weighted by atomic mass is 79.9. The van der Waals surface area contributed by atoms with E-state index in [4.69, 9.17) is 0 Å². The van der Waals surface area contributed by atoms with Gasteiger partial charge in [-0.25, -0.2) is 12.8 Å². The SMILES string of the molecule is Cc1ccc(NS(=O)(=O)c2ccc(F)cc2C)c(Br)c1. The third-order valence-electron chi connectivity index (χ3n) is 2.80. The van der Waals surface area contributed by atoms with Crippen LogP contribution in [0, 0.1) is 19.7 Å². The summed E-state index contributed by atoms with van der Waals surface area (Å²) in [5.74, 6) is -0.460. The minimum atomic E-state index is -3.74. The predicted molar refractivity (Wildman–Crippen MR) is 80.8 cm³/mol. The largest absolute Gasteiger partial charge is 0.278 e. The first kappa shape index (κ1) is 15.0. The number of halogens is 2. The molecule has 0 radical (unpaired) electrons. The molecule has 0 saturated carbocycles. The lowest BCUT2D eigenvalue weighted by molar-refractivity contribution is 0.598. The third kappa shape index (κ3) is 3.19. The van der Waals surface area contributed by atoms with E-state index in [1.807, 2.05) is 13.0 Å². The van der Waals surface area contributed by atoms with E-state index < -0.39 is 15.8 Å². The fourth-order valence-electron chi connectivity index (χ4n) is 1.82. The number of aryl methyl sites for hydroxylation is 2. The average molecular weight is 358 g/mol. The molecule has 106 valence electrons. The van der Waals surface area contributed by atoms with Gasteiger partial charge in [-0.1, -0.05) is 6.07 Å². The molecular weight excluding hydrogens is 345 g/mol. The number of benzene rings is 2. The zero-order valence-electron chi connectivity index (χ0n) is 10.9. The summed E-state index contributed by atoms with van der Waals surface area (Å²) in [5, 5.41) is 0. The third-order valence-corrected chi connectivity index (χ3v) is 4.98. The van der Waals surface area contributed by atoms with Crippen LogP contribution in [0.5, 0.6) is 0 Å². The molecule has 0 aliphatic heterocycles. The van der Waals surface area contributed by atoms with Crippen LogP contribution in [0.15, 0.2) is 45.8 Å². The maximum atomic E-state index is 13.0. The minimum absolute atomic E-state index is 0.0615. The van der Waals surface area contributed by atoms with E-state index in [0.29, 0.717) is 15.7 Å². The molecule has 3 nitrogen and oxygen atoms in total. The lowest BCUT2D eigenvalue weighted by Crippen LogP contribution is -2.14. The van der Waals surface area contributed by atoms with Crippen LogP contribution in [0.3, 0.4) is 0 Å². The van der Waals surface area contributed by atoms with Gasteiger partial charge < -0.3 is 0 Å². The molecular formula is C14H13BrFNO2S. The Kier molecular flexibility index (Phi) is 4.15. The molecule has 20 heavy (non-hydrogen) atoms. The topological polar surface area (TPSA) is 46.2 Å². The van der Waals surface area contributed by atoms with Gasteiger partial charge in [-0.2, -0.15) is 0 Å². The van der Waals surface area contributed by atoms with Gasteiger partial charge in [-0.3, -0.25) is 4.72 Å². The minimum Gasteiger partial charge on any atom is -0.278 e. The Hall–Kier alpha value is -1.40. The molecule has 0 fully saturated rings. The van der Waals surface area contributed by atoms with E-state index in [-0.39, 0.29) is 4.90 Å². The van der Waals surface area contributed by atoms with Gasteiger partial charge in [0.2, 0.25) is 0 Å². The Bertz CT molecular complexity index is 760. The zero-order chi connectivity index (χ0) is 14.9. The molecule has 1 N–H and O–H groups in total. The summed E-state index contributed by atoms with van der Waals surface area (Å²) < 4.78 is 40.8. The Morgan fingerprint density at radius 3 is 2.40 bits per heavy atom. The van der Waals surface area contributed by atoms with E-state index in [2.05, 4.69) is 20.7 Å². The smallest absolute Gasteiger partial charge is 0.262 e. The fourth-order valence-corrected chi connectivity index (χ4v) is 3.85. The van der Waals surface area contributed by atoms with Gasteiger partial charge in [0.15, 0.2) is 0 Å². The second-order valence-electron chi connectivity index (χ2n) is 4.50. The van der Waals surface area contributed by atoms with Crippen molar-refractivity contribution < 1.29 is 12.8 Å². The second-order valence-corrected chi connectivity index (χ2v) is 7.00. The van der Waals surface area contributed by atoms with Gasteiger partial charge in [0, 0.05) is 4.47 Å². The van der Waals surface area contributed by atoms with Gasteiger partial charge in [0.25, 0.3) is 10.0 Å². The average Bonchev–Trinajstić information content (AvgIpc) is 2.32. The Morgan fingerprint density at radius 2 is 1.80 bits per heavy atom. The first-order valence-corrected chi connectivity index (χ1v) is 8.12. The van der Waals surface area contributed by atoms with Gasteiger partial charge in [0.1, 0.15) is 5.82 Å². The Labute approximate surface area is 126 Å². The predicted octanol–water partition coefficient (Wildman–Crippen LogP) is 4.01.